The maximum absolute atomic E-state index is 12.6. The highest BCUT2D eigenvalue weighted by Crippen LogP contribution is 2.27. The summed E-state index contributed by atoms with van der Waals surface area (Å²) in [7, 11) is 0. The third-order valence-electron chi connectivity index (χ3n) is 4.77. The van der Waals surface area contributed by atoms with Crippen LogP contribution in [0.1, 0.15) is 23.2 Å². The number of thioether (sulfide) groups is 1. The lowest BCUT2D eigenvalue weighted by Gasteiger charge is -2.12. The minimum absolute atomic E-state index is 0.151. The van der Waals surface area contributed by atoms with Gasteiger partial charge in [0.2, 0.25) is 5.91 Å². The summed E-state index contributed by atoms with van der Waals surface area (Å²) in [6, 6.07) is 6.92. The zero-order valence-corrected chi connectivity index (χ0v) is 18.6. The van der Waals surface area contributed by atoms with Gasteiger partial charge in [0, 0.05) is 16.1 Å². The second-order valence-corrected chi connectivity index (χ2v) is 9.48. The number of aryl methyl sites for hydroxylation is 2. The summed E-state index contributed by atoms with van der Waals surface area (Å²) < 4.78 is 4.51. The van der Waals surface area contributed by atoms with Crippen molar-refractivity contribution in [1.82, 2.24) is 20.1 Å². The molecular formula is C20H19N5O4S2. The lowest BCUT2D eigenvalue weighted by Crippen LogP contribution is -2.23. The van der Waals surface area contributed by atoms with E-state index in [-0.39, 0.29) is 22.5 Å². The van der Waals surface area contributed by atoms with Gasteiger partial charge in [-0.15, -0.1) is 23.1 Å². The van der Waals surface area contributed by atoms with E-state index in [4.69, 9.17) is 0 Å². The Bertz CT molecular complexity index is 1380. The van der Waals surface area contributed by atoms with Crippen molar-refractivity contribution in [2.75, 3.05) is 5.32 Å². The molecule has 4 rings (SSSR count). The molecule has 0 saturated heterocycles. The van der Waals surface area contributed by atoms with Crippen LogP contribution in [0.3, 0.4) is 0 Å². The van der Waals surface area contributed by atoms with Crippen LogP contribution in [0.5, 0.6) is 0 Å². The lowest BCUT2D eigenvalue weighted by atomic mass is 10.2. The molecule has 0 radical (unpaired) electrons. The van der Waals surface area contributed by atoms with Gasteiger partial charge in [0.05, 0.1) is 16.4 Å². The number of carbonyl (C=O) groups excluding carboxylic acids is 1. The normalized spacial score (nSPS) is 12.2. The number of nitrogens with one attached hydrogen (secondary N) is 3. The van der Waals surface area contributed by atoms with Crippen LogP contribution in [0.15, 0.2) is 38.4 Å². The molecule has 1 atom stereocenters. The number of aromatic amines is 2. The molecule has 4 aromatic rings. The van der Waals surface area contributed by atoms with E-state index in [0.717, 1.165) is 10.4 Å². The average Bonchev–Trinajstić information content (AvgIpc) is 3.29. The summed E-state index contributed by atoms with van der Waals surface area (Å²) in [5.41, 5.74) is 1.98. The summed E-state index contributed by atoms with van der Waals surface area (Å²) >= 11 is 2.87. The lowest BCUT2D eigenvalue weighted by molar-refractivity contribution is -0.115. The van der Waals surface area contributed by atoms with Crippen LogP contribution < -0.4 is 16.6 Å². The first-order valence-electron chi connectivity index (χ1n) is 9.39. The number of aromatic nitrogens is 4. The van der Waals surface area contributed by atoms with Gasteiger partial charge < -0.3 is 10.3 Å². The Labute approximate surface area is 184 Å². The van der Waals surface area contributed by atoms with Crippen LogP contribution in [-0.4, -0.2) is 31.3 Å². The van der Waals surface area contributed by atoms with Crippen LogP contribution in [0.4, 0.5) is 5.69 Å². The zero-order chi connectivity index (χ0) is 22.1. The molecular weight excluding hydrogens is 438 g/mol. The molecule has 0 aliphatic heterocycles. The van der Waals surface area contributed by atoms with Crippen LogP contribution in [0.2, 0.25) is 0 Å². The number of thiophene rings is 1. The van der Waals surface area contributed by atoms with Crippen molar-refractivity contribution in [3.8, 4) is 11.4 Å². The quantitative estimate of drug-likeness (QED) is 0.405. The Morgan fingerprint density at radius 1 is 1.29 bits per heavy atom. The molecule has 3 heterocycles. The predicted molar refractivity (Wildman–Crippen MR) is 122 cm³/mol. The Morgan fingerprint density at radius 3 is 2.84 bits per heavy atom. The van der Waals surface area contributed by atoms with E-state index in [1.165, 1.54) is 23.1 Å². The number of amides is 1. The number of carbonyl (C=O) groups is 1. The van der Waals surface area contributed by atoms with Gasteiger partial charge >= 0.3 is 5.76 Å². The van der Waals surface area contributed by atoms with Gasteiger partial charge in [-0.05, 0) is 38.5 Å². The fourth-order valence-corrected chi connectivity index (χ4v) is 4.79. The maximum Gasteiger partial charge on any atom is 0.439 e. The van der Waals surface area contributed by atoms with Crippen molar-refractivity contribution in [3.63, 3.8) is 0 Å². The number of benzene rings is 1. The molecule has 11 heteroatoms. The molecule has 1 amide bonds. The number of H-pyrrole nitrogens is 2. The van der Waals surface area contributed by atoms with E-state index in [0.29, 0.717) is 33.0 Å². The van der Waals surface area contributed by atoms with Crippen LogP contribution in [-0.2, 0) is 10.5 Å². The van der Waals surface area contributed by atoms with Gasteiger partial charge in [-0.3, -0.25) is 19.1 Å². The highest BCUT2D eigenvalue weighted by molar-refractivity contribution is 7.99. The molecule has 3 N–H and O–H groups in total. The number of hydrogen-bond donors (Lipinski definition) is 3. The second-order valence-electron chi connectivity index (χ2n) is 6.94. The SMILES string of the molecule is Cc1sc2nc(CSC(C)C(=O)Nc3cccc(-c4noc(=O)[nH]4)c3)[nH]c(=O)c2c1C. The predicted octanol–water partition coefficient (Wildman–Crippen LogP) is 3.21. The molecule has 0 fully saturated rings. The smallest absolute Gasteiger partial charge is 0.325 e. The molecule has 0 bridgehead atoms. The minimum Gasteiger partial charge on any atom is -0.325 e. The minimum atomic E-state index is -0.646. The molecule has 0 aliphatic rings. The number of hydrogen-bond acceptors (Lipinski definition) is 8. The molecule has 3 aromatic heterocycles. The Balaban J connectivity index is 1.42. The first kappa shape index (κ1) is 21.1. The van der Waals surface area contributed by atoms with E-state index >= 15 is 0 Å². The standard InChI is InChI=1S/C20H19N5O4S2/c1-9-10(2)31-19-15(9)18(27)22-14(23-19)8-30-11(3)17(26)21-13-6-4-5-12(7-13)16-24-20(28)29-25-16/h4-7,11H,8H2,1-3H3,(H,21,26)(H,22,23,27)(H,24,25,28). The fraction of sp³-hybridized carbons (Fsp3) is 0.250. The van der Waals surface area contributed by atoms with Crippen molar-refractivity contribution >= 4 is 44.9 Å². The Kier molecular flexibility index (Phi) is 5.79. The fourth-order valence-electron chi connectivity index (χ4n) is 2.99. The van der Waals surface area contributed by atoms with Crippen molar-refractivity contribution < 1.29 is 9.32 Å². The molecule has 0 spiro atoms. The van der Waals surface area contributed by atoms with Crippen molar-refractivity contribution in [3.05, 3.63) is 61.4 Å². The van der Waals surface area contributed by atoms with Crippen LogP contribution in [0, 0.1) is 13.8 Å². The number of fused-ring (bicyclic) bond motifs is 1. The van der Waals surface area contributed by atoms with E-state index in [2.05, 4.69) is 29.9 Å². The van der Waals surface area contributed by atoms with E-state index < -0.39 is 5.76 Å². The van der Waals surface area contributed by atoms with Gasteiger partial charge in [-0.25, -0.2) is 9.78 Å². The average molecular weight is 458 g/mol. The van der Waals surface area contributed by atoms with Gasteiger partial charge in [-0.1, -0.05) is 17.3 Å². The summed E-state index contributed by atoms with van der Waals surface area (Å²) in [5, 5.41) is 6.74. The highest BCUT2D eigenvalue weighted by Gasteiger charge is 2.17. The van der Waals surface area contributed by atoms with Crippen LogP contribution >= 0.6 is 23.1 Å². The number of anilines is 1. The molecule has 0 aliphatic carbocycles. The molecule has 0 saturated carbocycles. The van der Waals surface area contributed by atoms with Crippen molar-refractivity contribution in [2.24, 2.45) is 0 Å². The summed E-state index contributed by atoms with van der Waals surface area (Å²) in [6.07, 6.45) is 0. The highest BCUT2D eigenvalue weighted by atomic mass is 32.2. The molecule has 1 unspecified atom stereocenters. The van der Waals surface area contributed by atoms with E-state index in [1.54, 1.807) is 31.2 Å². The number of nitrogens with zero attached hydrogens (tertiary/aromatic N) is 2. The third-order valence-corrected chi connectivity index (χ3v) is 7.03. The number of rotatable bonds is 6. The van der Waals surface area contributed by atoms with Gasteiger partial charge in [0.1, 0.15) is 10.7 Å². The third kappa shape index (κ3) is 4.47. The van der Waals surface area contributed by atoms with Gasteiger partial charge in [0.15, 0.2) is 5.82 Å². The molecule has 1 aromatic carbocycles. The molecule has 160 valence electrons. The first-order chi connectivity index (χ1) is 14.8. The van der Waals surface area contributed by atoms with Gasteiger partial charge in [-0.2, -0.15) is 0 Å². The van der Waals surface area contributed by atoms with Crippen molar-refractivity contribution in [1.29, 1.82) is 0 Å². The maximum atomic E-state index is 12.6. The summed E-state index contributed by atoms with van der Waals surface area (Å²) in [4.78, 5) is 47.7. The van der Waals surface area contributed by atoms with E-state index in [9.17, 15) is 14.4 Å². The summed E-state index contributed by atoms with van der Waals surface area (Å²) in [5.74, 6) is 0.387. The Morgan fingerprint density at radius 2 is 2.10 bits per heavy atom. The Hall–Kier alpha value is -3.18. The molecule has 31 heavy (non-hydrogen) atoms. The zero-order valence-electron chi connectivity index (χ0n) is 16.9. The van der Waals surface area contributed by atoms with Crippen molar-refractivity contribution in [2.45, 2.75) is 31.8 Å². The monoisotopic (exact) mass is 457 g/mol. The molecule has 9 nitrogen and oxygen atoms in total. The largest absolute Gasteiger partial charge is 0.439 e. The van der Waals surface area contributed by atoms with Crippen LogP contribution in [0.25, 0.3) is 21.6 Å². The first-order valence-corrected chi connectivity index (χ1v) is 11.3. The topological polar surface area (TPSA) is 134 Å². The van der Waals surface area contributed by atoms with E-state index in [1.807, 2.05) is 13.8 Å². The second kappa shape index (κ2) is 8.52. The van der Waals surface area contributed by atoms with Gasteiger partial charge in [0.25, 0.3) is 5.56 Å². The summed E-state index contributed by atoms with van der Waals surface area (Å²) in [6.45, 7) is 5.67.